The van der Waals surface area contributed by atoms with Crippen molar-refractivity contribution in [3.05, 3.63) is 12.2 Å². The molecule has 18 heavy (non-hydrogen) atoms. The first kappa shape index (κ1) is 14.4. The van der Waals surface area contributed by atoms with E-state index in [-0.39, 0.29) is 44.1 Å². The van der Waals surface area contributed by atoms with Gasteiger partial charge in [-0.05, 0) is 6.42 Å². The van der Waals surface area contributed by atoms with E-state index < -0.39 is 0 Å². The summed E-state index contributed by atoms with van der Waals surface area (Å²) in [4.78, 5) is 34.4. The summed E-state index contributed by atoms with van der Waals surface area (Å²) in [5, 5.41) is 0. The molecular formula is C12H17NO5. The number of hydrogen-bond donors (Lipinski definition) is 0. The Bertz CT molecular complexity index is 332. The number of hydrogen-bond acceptors (Lipinski definition) is 5. The Morgan fingerprint density at radius 3 is 2.44 bits per heavy atom. The Morgan fingerprint density at radius 2 is 1.83 bits per heavy atom. The standard InChI is InChI=1S/C12H17NO5/c1-2-3-12(16)18-9-8-17-7-6-13-10(14)4-5-11(13)15/h4-5H,2-3,6-9H2,1H3. The van der Waals surface area contributed by atoms with Gasteiger partial charge in [0.1, 0.15) is 6.61 Å². The lowest BCUT2D eigenvalue weighted by Gasteiger charge is -2.13. The second kappa shape index (κ2) is 7.60. The van der Waals surface area contributed by atoms with Crippen LogP contribution < -0.4 is 0 Å². The van der Waals surface area contributed by atoms with Gasteiger partial charge in [-0.3, -0.25) is 19.3 Å². The van der Waals surface area contributed by atoms with Crippen molar-refractivity contribution < 1.29 is 23.9 Å². The highest BCUT2D eigenvalue weighted by Crippen LogP contribution is 2.02. The number of carbonyl (C=O) groups is 3. The van der Waals surface area contributed by atoms with E-state index in [4.69, 9.17) is 9.47 Å². The zero-order chi connectivity index (χ0) is 13.4. The highest BCUT2D eigenvalue weighted by atomic mass is 16.6. The maximum atomic E-state index is 11.2. The van der Waals surface area contributed by atoms with Crippen LogP contribution in [0.4, 0.5) is 0 Å². The largest absolute Gasteiger partial charge is 0.463 e. The zero-order valence-electron chi connectivity index (χ0n) is 10.4. The van der Waals surface area contributed by atoms with E-state index in [1.54, 1.807) is 0 Å². The van der Waals surface area contributed by atoms with Gasteiger partial charge in [-0.25, -0.2) is 0 Å². The third-order valence-electron chi connectivity index (χ3n) is 2.30. The maximum Gasteiger partial charge on any atom is 0.305 e. The number of esters is 1. The van der Waals surface area contributed by atoms with Gasteiger partial charge in [0.2, 0.25) is 0 Å². The molecule has 0 N–H and O–H groups in total. The van der Waals surface area contributed by atoms with Crippen LogP contribution >= 0.6 is 0 Å². The van der Waals surface area contributed by atoms with Crippen molar-refractivity contribution in [2.75, 3.05) is 26.4 Å². The summed E-state index contributed by atoms with van der Waals surface area (Å²) in [6, 6.07) is 0. The number of imide groups is 1. The van der Waals surface area contributed by atoms with Crippen LogP contribution in [0.15, 0.2) is 12.2 Å². The molecule has 0 fully saturated rings. The lowest BCUT2D eigenvalue weighted by Crippen LogP contribution is -2.33. The molecule has 0 aliphatic carbocycles. The summed E-state index contributed by atoms with van der Waals surface area (Å²) < 4.78 is 10.0. The number of carbonyl (C=O) groups excluding carboxylic acids is 3. The van der Waals surface area contributed by atoms with E-state index in [2.05, 4.69) is 0 Å². The van der Waals surface area contributed by atoms with Crippen LogP contribution in [-0.2, 0) is 23.9 Å². The van der Waals surface area contributed by atoms with Gasteiger partial charge in [0.05, 0.1) is 19.8 Å². The molecule has 0 aromatic carbocycles. The number of nitrogens with zero attached hydrogens (tertiary/aromatic N) is 1. The Morgan fingerprint density at radius 1 is 1.17 bits per heavy atom. The molecule has 0 aromatic heterocycles. The quantitative estimate of drug-likeness (QED) is 0.353. The molecule has 0 bridgehead atoms. The molecule has 6 heteroatoms. The molecular weight excluding hydrogens is 238 g/mol. The Kier molecular flexibility index (Phi) is 6.07. The first-order valence-corrected chi connectivity index (χ1v) is 5.92. The van der Waals surface area contributed by atoms with Crippen molar-refractivity contribution in [2.45, 2.75) is 19.8 Å². The van der Waals surface area contributed by atoms with Gasteiger partial charge in [-0.2, -0.15) is 0 Å². The maximum absolute atomic E-state index is 11.2. The van der Waals surface area contributed by atoms with Crippen LogP contribution in [0.5, 0.6) is 0 Å². The van der Waals surface area contributed by atoms with E-state index in [0.29, 0.717) is 6.42 Å². The minimum atomic E-state index is -0.321. The van der Waals surface area contributed by atoms with Gasteiger partial charge in [0.15, 0.2) is 0 Å². The van der Waals surface area contributed by atoms with Crippen molar-refractivity contribution in [2.24, 2.45) is 0 Å². The fraction of sp³-hybridized carbons (Fsp3) is 0.583. The van der Waals surface area contributed by atoms with E-state index in [0.717, 1.165) is 11.3 Å². The lowest BCUT2D eigenvalue weighted by atomic mass is 10.3. The normalized spacial score (nSPS) is 14.4. The van der Waals surface area contributed by atoms with Crippen LogP contribution in [0.25, 0.3) is 0 Å². The Hall–Kier alpha value is -1.69. The molecule has 0 spiro atoms. The predicted octanol–water partition coefficient (Wildman–Crippen LogP) is 0.271. The van der Waals surface area contributed by atoms with Gasteiger partial charge in [-0.1, -0.05) is 6.92 Å². The monoisotopic (exact) mass is 255 g/mol. The minimum Gasteiger partial charge on any atom is -0.463 e. The minimum absolute atomic E-state index is 0.193. The first-order chi connectivity index (χ1) is 8.65. The molecule has 1 aliphatic heterocycles. The van der Waals surface area contributed by atoms with Gasteiger partial charge in [-0.15, -0.1) is 0 Å². The topological polar surface area (TPSA) is 72.9 Å². The van der Waals surface area contributed by atoms with Gasteiger partial charge < -0.3 is 9.47 Å². The Labute approximate surface area is 106 Å². The van der Waals surface area contributed by atoms with Gasteiger partial charge in [0.25, 0.3) is 11.8 Å². The molecule has 0 radical (unpaired) electrons. The third kappa shape index (κ3) is 4.67. The van der Waals surface area contributed by atoms with Crippen LogP contribution in [-0.4, -0.2) is 49.0 Å². The summed E-state index contributed by atoms with van der Waals surface area (Å²) in [5.74, 6) is -0.883. The molecule has 0 atom stereocenters. The van der Waals surface area contributed by atoms with Crippen LogP contribution in [0.1, 0.15) is 19.8 Å². The SMILES string of the molecule is CCCC(=O)OCCOCCN1C(=O)C=CC1=O. The smallest absolute Gasteiger partial charge is 0.305 e. The molecule has 0 unspecified atom stereocenters. The molecule has 0 saturated carbocycles. The van der Waals surface area contributed by atoms with Crippen molar-refractivity contribution >= 4 is 17.8 Å². The lowest BCUT2D eigenvalue weighted by molar-refractivity contribution is -0.145. The molecule has 0 saturated heterocycles. The van der Waals surface area contributed by atoms with Crippen molar-refractivity contribution in [1.82, 2.24) is 4.90 Å². The molecule has 0 aromatic rings. The van der Waals surface area contributed by atoms with Crippen LogP contribution in [0, 0.1) is 0 Å². The summed E-state index contributed by atoms with van der Waals surface area (Å²) in [6.07, 6.45) is 3.62. The first-order valence-electron chi connectivity index (χ1n) is 5.92. The number of ether oxygens (including phenoxy) is 2. The highest BCUT2D eigenvalue weighted by molar-refractivity contribution is 6.12. The summed E-state index contributed by atoms with van der Waals surface area (Å²) in [6.45, 7) is 2.81. The van der Waals surface area contributed by atoms with E-state index >= 15 is 0 Å². The van der Waals surface area contributed by atoms with E-state index in [9.17, 15) is 14.4 Å². The summed E-state index contributed by atoms with van der Waals surface area (Å²) >= 11 is 0. The average molecular weight is 255 g/mol. The molecule has 2 amide bonds. The Balaban J connectivity index is 2.01. The van der Waals surface area contributed by atoms with Crippen molar-refractivity contribution in [3.8, 4) is 0 Å². The molecule has 1 heterocycles. The fourth-order valence-corrected chi connectivity index (χ4v) is 1.40. The average Bonchev–Trinajstić information content (AvgIpc) is 2.65. The zero-order valence-corrected chi connectivity index (χ0v) is 10.4. The second-order valence-corrected chi connectivity index (χ2v) is 3.74. The van der Waals surface area contributed by atoms with Crippen LogP contribution in [0.2, 0.25) is 0 Å². The number of rotatable bonds is 8. The second-order valence-electron chi connectivity index (χ2n) is 3.74. The third-order valence-corrected chi connectivity index (χ3v) is 2.30. The highest BCUT2D eigenvalue weighted by Gasteiger charge is 2.22. The van der Waals surface area contributed by atoms with Crippen molar-refractivity contribution in [1.29, 1.82) is 0 Å². The van der Waals surface area contributed by atoms with Gasteiger partial charge in [0, 0.05) is 18.6 Å². The van der Waals surface area contributed by atoms with E-state index in [1.807, 2.05) is 6.92 Å². The molecule has 100 valence electrons. The van der Waals surface area contributed by atoms with Crippen LogP contribution in [0.3, 0.4) is 0 Å². The fourth-order valence-electron chi connectivity index (χ4n) is 1.40. The molecule has 6 nitrogen and oxygen atoms in total. The molecule has 1 aliphatic rings. The molecule has 1 rings (SSSR count). The van der Waals surface area contributed by atoms with Gasteiger partial charge >= 0.3 is 5.97 Å². The number of amides is 2. The summed E-state index contributed by atoms with van der Waals surface area (Å²) in [7, 11) is 0. The predicted molar refractivity (Wildman–Crippen MR) is 62.5 cm³/mol. The van der Waals surface area contributed by atoms with E-state index in [1.165, 1.54) is 12.2 Å². The van der Waals surface area contributed by atoms with Crippen molar-refractivity contribution in [3.63, 3.8) is 0 Å². The summed E-state index contributed by atoms with van der Waals surface area (Å²) in [5.41, 5.74) is 0.